The minimum Gasteiger partial charge on any atom is -0.484 e. The molecule has 0 bridgehead atoms. The lowest BCUT2D eigenvalue weighted by atomic mass is 9.87. The van der Waals surface area contributed by atoms with Crippen LogP contribution in [0.3, 0.4) is 0 Å². The van der Waals surface area contributed by atoms with E-state index in [0.717, 1.165) is 0 Å². The number of ether oxygens (including phenoxy) is 1. The number of hydrogen-bond donors (Lipinski definition) is 1. The maximum atomic E-state index is 12.7. The molecule has 0 aliphatic carbocycles. The highest BCUT2D eigenvalue weighted by Crippen LogP contribution is 2.35. The number of hydrogen-bond acceptors (Lipinski definition) is 4. The predicted octanol–water partition coefficient (Wildman–Crippen LogP) is 3.91. The van der Waals surface area contributed by atoms with Gasteiger partial charge in [-0.2, -0.15) is 0 Å². The minimum absolute atomic E-state index is 0.0983. The number of para-hydroxylation sites is 1. The molecule has 3 rings (SSSR count). The summed E-state index contributed by atoms with van der Waals surface area (Å²) in [5, 5.41) is 10.3. The number of rotatable bonds is 9. The van der Waals surface area contributed by atoms with Crippen molar-refractivity contribution in [3.8, 4) is 5.75 Å². The topological polar surface area (TPSA) is 99.5 Å². The quantitative estimate of drug-likeness (QED) is 0.597. The first-order valence-corrected chi connectivity index (χ1v) is 10.9. The Morgan fingerprint density at radius 2 is 1.91 bits per heavy atom. The fraction of sp³-hybridized carbons (Fsp3) is 0.333. The lowest BCUT2D eigenvalue weighted by Crippen LogP contribution is -2.47. The summed E-state index contributed by atoms with van der Waals surface area (Å²) in [5.74, 6) is -1.65. The summed E-state index contributed by atoms with van der Waals surface area (Å²) >= 11 is 6.13. The predicted molar refractivity (Wildman–Crippen MR) is 125 cm³/mol. The zero-order valence-electron chi connectivity index (χ0n) is 18.5. The SMILES string of the molecule is CC1=NC(=O)N(CCCN(C)C(=O)COc2ccccc2)C(c2cccc(Cl)c2)C1C(=O)O. The Morgan fingerprint density at radius 1 is 1.18 bits per heavy atom. The number of aliphatic imine (C=N–C) groups is 1. The van der Waals surface area contributed by atoms with Gasteiger partial charge in [0.15, 0.2) is 6.61 Å². The van der Waals surface area contributed by atoms with Crippen molar-refractivity contribution < 1.29 is 24.2 Å². The molecule has 0 spiro atoms. The molecule has 174 valence electrons. The van der Waals surface area contributed by atoms with E-state index in [9.17, 15) is 19.5 Å². The fourth-order valence-electron chi connectivity index (χ4n) is 3.80. The number of nitrogens with zero attached hydrogens (tertiary/aromatic N) is 3. The number of aliphatic carboxylic acids is 1. The van der Waals surface area contributed by atoms with Gasteiger partial charge in [0.05, 0.1) is 6.04 Å². The van der Waals surface area contributed by atoms with Gasteiger partial charge in [0.1, 0.15) is 11.7 Å². The molecule has 0 saturated heterocycles. The lowest BCUT2D eigenvalue weighted by molar-refractivity contribution is -0.141. The molecule has 1 N–H and O–H groups in total. The highest BCUT2D eigenvalue weighted by molar-refractivity contribution is 6.30. The van der Waals surface area contributed by atoms with Gasteiger partial charge in [-0.15, -0.1) is 0 Å². The molecule has 2 unspecified atom stereocenters. The number of likely N-dealkylation sites (N-methyl/N-ethyl adjacent to an activating group) is 1. The van der Waals surface area contributed by atoms with Gasteiger partial charge in [0.2, 0.25) is 0 Å². The van der Waals surface area contributed by atoms with E-state index in [1.54, 1.807) is 50.4 Å². The van der Waals surface area contributed by atoms with Crippen LogP contribution >= 0.6 is 11.6 Å². The monoisotopic (exact) mass is 471 g/mol. The molecule has 9 heteroatoms. The normalized spacial score (nSPS) is 18.0. The molecule has 0 saturated carbocycles. The molecular weight excluding hydrogens is 446 g/mol. The van der Waals surface area contributed by atoms with Crippen molar-refractivity contribution in [1.82, 2.24) is 9.80 Å². The first-order valence-electron chi connectivity index (χ1n) is 10.5. The van der Waals surface area contributed by atoms with Gasteiger partial charge in [-0.25, -0.2) is 9.79 Å². The number of carboxylic acid groups (broad SMARTS) is 1. The van der Waals surface area contributed by atoms with Crippen molar-refractivity contribution >= 4 is 35.2 Å². The van der Waals surface area contributed by atoms with Crippen LogP contribution in [0.4, 0.5) is 4.79 Å². The Morgan fingerprint density at radius 3 is 2.58 bits per heavy atom. The van der Waals surface area contributed by atoms with Crippen LogP contribution in [0.25, 0.3) is 0 Å². The van der Waals surface area contributed by atoms with Gasteiger partial charge in [-0.3, -0.25) is 9.59 Å². The summed E-state index contributed by atoms with van der Waals surface area (Å²) in [6.07, 6.45) is 0.442. The third kappa shape index (κ3) is 6.10. The number of carbonyl (C=O) groups is 3. The Balaban J connectivity index is 1.66. The molecule has 3 amide bonds. The Hall–Kier alpha value is -3.39. The van der Waals surface area contributed by atoms with Crippen LogP contribution in [0, 0.1) is 5.92 Å². The number of halogens is 1. The summed E-state index contributed by atoms with van der Waals surface area (Å²) in [6, 6.07) is 14.6. The lowest BCUT2D eigenvalue weighted by Gasteiger charge is -2.38. The van der Waals surface area contributed by atoms with Crippen LogP contribution in [0.15, 0.2) is 59.6 Å². The maximum absolute atomic E-state index is 12.7. The third-order valence-corrected chi connectivity index (χ3v) is 5.73. The zero-order chi connectivity index (χ0) is 24.0. The molecule has 2 atom stereocenters. The Labute approximate surface area is 197 Å². The van der Waals surface area contributed by atoms with Crippen molar-refractivity contribution in [3.63, 3.8) is 0 Å². The van der Waals surface area contributed by atoms with Crippen LogP contribution in [0.5, 0.6) is 5.75 Å². The molecule has 0 fully saturated rings. The molecule has 1 aliphatic rings. The fourth-order valence-corrected chi connectivity index (χ4v) is 4.00. The largest absolute Gasteiger partial charge is 0.484 e. The van der Waals surface area contributed by atoms with E-state index < -0.39 is 24.0 Å². The summed E-state index contributed by atoms with van der Waals surface area (Å²) in [4.78, 5) is 44.0. The molecule has 8 nitrogen and oxygen atoms in total. The third-order valence-electron chi connectivity index (χ3n) is 5.50. The van der Waals surface area contributed by atoms with Crippen LogP contribution in [0.1, 0.15) is 24.9 Å². The van der Waals surface area contributed by atoms with Crippen molar-refractivity contribution in [2.24, 2.45) is 10.9 Å². The average molecular weight is 472 g/mol. The van der Waals surface area contributed by atoms with E-state index in [-0.39, 0.29) is 24.8 Å². The number of urea groups is 1. The van der Waals surface area contributed by atoms with Gasteiger partial charge in [-0.1, -0.05) is 41.9 Å². The summed E-state index contributed by atoms with van der Waals surface area (Å²) < 4.78 is 5.49. The average Bonchev–Trinajstić information content (AvgIpc) is 2.78. The molecule has 1 heterocycles. The van der Waals surface area contributed by atoms with E-state index in [0.29, 0.717) is 29.3 Å². The van der Waals surface area contributed by atoms with Crippen molar-refractivity contribution in [2.45, 2.75) is 19.4 Å². The molecule has 0 radical (unpaired) electrons. The Bertz CT molecular complexity index is 1040. The Kier molecular flexibility index (Phi) is 8.06. The van der Waals surface area contributed by atoms with E-state index in [1.165, 1.54) is 9.80 Å². The van der Waals surface area contributed by atoms with Crippen LogP contribution in [-0.4, -0.2) is 65.3 Å². The number of carbonyl (C=O) groups excluding carboxylic acids is 2. The van der Waals surface area contributed by atoms with E-state index in [4.69, 9.17) is 16.3 Å². The van der Waals surface area contributed by atoms with E-state index in [1.807, 2.05) is 18.2 Å². The second kappa shape index (κ2) is 11.0. The van der Waals surface area contributed by atoms with Crippen molar-refractivity contribution in [2.75, 3.05) is 26.7 Å². The van der Waals surface area contributed by atoms with Crippen molar-refractivity contribution in [3.05, 3.63) is 65.2 Å². The van der Waals surface area contributed by atoms with Gasteiger partial charge in [0, 0.05) is 30.9 Å². The smallest absolute Gasteiger partial charge is 0.344 e. The summed E-state index contributed by atoms with van der Waals surface area (Å²) in [6.45, 7) is 2.04. The van der Waals surface area contributed by atoms with E-state index >= 15 is 0 Å². The summed E-state index contributed by atoms with van der Waals surface area (Å²) in [5.41, 5.74) is 0.872. The highest BCUT2D eigenvalue weighted by Gasteiger charge is 2.42. The molecular formula is C24H26ClN3O5. The minimum atomic E-state index is -1.07. The summed E-state index contributed by atoms with van der Waals surface area (Å²) in [7, 11) is 1.66. The first-order chi connectivity index (χ1) is 15.8. The molecule has 33 heavy (non-hydrogen) atoms. The van der Waals surface area contributed by atoms with Crippen molar-refractivity contribution in [1.29, 1.82) is 0 Å². The van der Waals surface area contributed by atoms with Crippen LogP contribution in [-0.2, 0) is 9.59 Å². The van der Waals surface area contributed by atoms with E-state index in [2.05, 4.69) is 4.99 Å². The molecule has 1 aliphatic heterocycles. The number of amides is 3. The molecule has 0 aromatic heterocycles. The zero-order valence-corrected chi connectivity index (χ0v) is 19.2. The highest BCUT2D eigenvalue weighted by atomic mass is 35.5. The van der Waals surface area contributed by atoms with Crippen LogP contribution in [0.2, 0.25) is 5.02 Å². The first kappa shape index (κ1) is 24.3. The number of carboxylic acids is 1. The molecule has 2 aromatic carbocycles. The van der Waals surface area contributed by atoms with Gasteiger partial charge < -0.3 is 19.6 Å². The maximum Gasteiger partial charge on any atom is 0.344 e. The van der Waals surface area contributed by atoms with Gasteiger partial charge in [0.25, 0.3) is 5.91 Å². The number of benzene rings is 2. The van der Waals surface area contributed by atoms with Gasteiger partial charge in [-0.05, 0) is 43.2 Å². The second-order valence-electron chi connectivity index (χ2n) is 7.82. The standard InChI is InChI=1S/C24H26ClN3O5/c1-16-21(23(30)31)22(17-8-6-9-18(25)14-17)28(24(32)26-16)13-7-12-27(2)20(29)15-33-19-10-4-3-5-11-19/h3-6,8-11,14,21-22H,7,12-13,15H2,1-2H3,(H,30,31). The van der Waals surface area contributed by atoms with Crippen LogP contribution < -0.4 is 4.74 Å². The molecule has 2 aromatic rings. The van der Waals surface area contributed by atoms with Gasteiger partial charge >= 0.3 is 12.0 Å². The second-order valence-corrected chi connectivity index (χ2v) is 8.25.